The van der Waals surface area contributed by atoms with E-state index >= 15 is 0 Å². The highest BCUT2D eigenvalue weighted by Gasteiger charge is 2.19. The zero-order chi connectivity index (χ0) is 25.2. The minimum Gasteiger partial charge on any atom is -0.509 e. The number of aliphatic hydroxyl groups is 1. The van der Waals surface area contributed by atoms with Gasteiger partial charge in [0.15, 0.2) is 0 Å². The van der Waals surface area contributed by atoms with E-state index in [2.05, 4.69) is 65.0 Å². The van der Waals surface area contributed by atoms with Gasteiger partial charge in [-0.2, -0.15) is 0 Å². The van der Waals surface area contributed by atoms with Crippen LogP contribution >= 0.6 is 0 Å². The smallest absolute Gasteiger partial charge is 0.234 e. The van der Waals surface area contributed by atoms with Gasteiger partial charge in [0.25, 0.3) is 0 Å². The second-order valence-corrected chi connectivity index (χ2v) is 8.54. The van der Waals surface area contributed by atoms with Crippen molar-refractivity contribution in [3.8, 4) is 11.3 Å². The van der Waals surface area contributed by atoms with E-state index in [1.165, 1.54) is 11.8 Å². The Hall–Kier alpha value is -4.02. The molecule has 36 heavy (non-hydrogen) atoms. The molecule has 2 aromatic heterocycles. The number of benzene rings is 1. The molecule has 1 aliphatic heterocycles. The number of aliphatic hydroxyl groups excluding tert-OH is 1. The van der Waals surface area contributed by atoms with Crippen LogP contribution in [-0.2, 0) is 11.3 Å². The fraction of sp³-hybridized carbons (Fsp3) is 0.308. The quantitative estimate of drug-likeness (QED) is 0.319. The zero-order valence-corrected chi connectivity index (χ0v) is 20.4. The summed E-state index contributed by atoms with van der Waals surface area (Å²) in [6.07, 6.45) is 4.80. The van der Waals surface area contributed by atoms with Gasteiger partial charge in [-0.15, -0.1) is 0 Å². The molecule has 0 saturated carbocycles. The number of hydrogen-bond donors (Lipinski definition) is 4. The number of piperazine rings is 1. The first kappa shape index (κ1) is 25.1. The highest BCUT2D eigenvalue weighted by atomic mass is 16.3. The summed E-state index contributed by atoms with van der Waals surface area (Å²) >= 11 is 0. The van der Waals surface area contributed by atoms with Gasteiger partial charge in [-0.05, 0) is 23.8 Å². The lowest BCUT2D eigenvalue weighted by atomic mass is 10.2. The molecule has 1 aromatic carbocycles. The summed E-state index contributed by atoms with van der Waals surface area (Å²) in [5, 5.41) is 18.8. The first-order valence-corrected chi connectivity index (χ1v) is 12.0. The van der Waals surface area contributed by atoms with Crippen molar-refractivity contribution in [2.75, 3.05) is 56.9 Å². The summed E-state index contributed by atoms with van der Waals surface area (Å²) in [5.41, 5.74) is 2.91. The normalized spacial score (nSPS) is 14.9. The van der Waals surface area contributed by atoms with Crippen LogP contribution in [0.3, 0.4) is 0 Å². The van der Waals surface area contributed by atoms with E-state index in [1.54, 1.807) is 25.5 Å². The molecule has 4 N–H and O–H groups in total. The molecule has 0 unspecified atom stereocenters. The Morgan fingerprint density at radius 1 is 1.03 bits per heavy atom. The first-order chi connectivity index (χ1) is 17.6. The lowest BCUT2D eigenvalue weighted by molar-refractivity contribution is -0.122. The van der Waals surface area contributed by atoms with Crippen molar-refractivity contribution < 1.29 is 9.90 Å². The third-order valence-corrected chi connectivity index (χ3v) is 5.87. The molecule has 4 rings (SSSR count). The van der Waals surface area contributed by atoms with Crippen LogP contribution in [0.2, 0.25) is 0 Å². The Kier molecular flexibility index (Phi) is 8.79. The number of rotatable bonds is 10. The van der Waals surface area contributed by atoms with Crippen molar-refractivity contribution in [1.29, 1.82) is 0 Å². The number of amides is 1. The van der Waals surface area contributed by atoms with Gasteiger partial charge >= 0.3 is 0 Å². The second-order valence-electron chi connectivity index (χ2n) is 8.54. The summed E-state index contributed by atoms with van der Waals surface area (Å²) in [7, 11) is 1.76. The summed E-state index contributed by atoms with van der Waals surface area (Å²) in [4.78, 5) is 29.7. The van der Waals surface area contributed by atoms with E-state index in [4.69, 9.17) is 0 Å². The fourth-order valence-electron chi connectivity index (χ4n) is 3.87. The SMILES string of the molecule is CNc1nccc(-c2ccc(N/C=C(\O)CNC(=O)CN3CCN(Cc4ccccc4)CC3)nc2)n1. The van der Waals surface area contributed by atoms with Crippen molar-refractivity contribution in [3.05, 3.63) is 78.4 Å². The number of anilines is 2. The number of carbonyl (C=O) groups excluding carboxylic acids is 1. The average molecular weight is 489 g/mol. The second kappa shape index (κ2) is 12.6. The summed E-state index contributed by atoms with van der Waals surface area (Å²) in [6, 6.07) is 15.9. The number of nitrogens with zero attached hydrogens (tertiary/aromatic N) is 5. The number of nitrogens with one attached hydrogen (secondary N) is 3. The Morgan fingerprint density at radius 2 is 1.81 bits per heavy atom. The third kappa shape index (κ3) is 7.49. The van der Waals surface area contributed by atoms with Crippen molar-refractivity contribution in [1.82, 2.24) is 30.1 Å². The molecular formula is C26H32N8O2. The Morgan fingerprint density at radius 3 is 2.53 bits per heavy atom. The number of pyridine rings is 1. The van der Waals surface area contributed by atoms with E-state index in [9.17, 15) is 9.90 Å². The van der Waals surface area contributed by atoms with E-state index in [-0.39, 0.29) is 18.2 Å². The maximum absolute atomic E-state index is 12.3. The third-order valence-electron chi connectivity index (χ3n) is 5.87. The lowest BCUT2D eigenvalue weighted by Crippen LogP contribution is -2.49. The summed E-state index contributed by atoms with van der Waals surface area (Å²) in [6.45, 7) is 4.84. The Bertz CT molecular complexity index is 1150. The predicted octanol–water partition coefficient (Wildman–Crippen LogP) is 2.33. The highest BCUT2D eigenvalue weighted by Crippen LogP contribution is 2.18. The minimum atomic E-state index is -0.111. The molecular weight excluding hydrogens is 456 g/mol. The van der Waals surface area contributed by atoms with Crippen LogP contribution in [0.1, 0.15) is 5.56 Å². The van der Waals surface area contributed by atoms with Crippen LogP contribution in [0, 0.1) is 0 Å². The van der Waals surface area contributed by atoms with E-state index < -0.39 is 0 Å². The van der Waals surface area contributed by atoms with Gasteiger partial charge in [0, 0.05) is 63.9 Å². The molecule has 1 aliphatic rings. The van der Waals surface area contributed by atoms with Gasteiger partial charge in [0.1, 0.15) is 11.6 Å². The van der Waals surface area contributed by atoms with Crippen LogP contribution in [0.15, 0.2) is 72.9 Å². The van der Waals surface area contributed by atoms with Crippen molar-refractivity contribution >= 4 is 17.7 Å². The van der Waals surface area contributed by atoms with Gasteiger partial charge in [-0.25, -0.2) is 15.0 Å². The van der Waals surface area contributed by atoms with Crippen LogP contribution in [-0.4, -0.2) is 82.1 Å². The van der Waals surface area contributed by atoms with Crippen LogP contribution < -0.4 is 16.0 Å². The zero-order valence-electron chi connectivity index (χ0n) is 20.4. The Labute approximate surface area is 211 Å². The fourth-order valence-corrected chi connectivity index (χ4v) is 3.87. The summed E-state index contributed by atoms with van der Waals surface area (Å²) in [5.74, 6) is 0.999. The standard InChI is InChI=1S/C26H32N8O2/c1-27-26-28-10-9-23(32-26)21-7-8-24(29-15-21)30-16-22(35)17-31-25(36)19-34-13-11-33(12-14-34)18-20-5-3-2-4-6-20/h2-10,15-16,35H,11-14,17-19H2,1H3,(H,29,30)(H,31,36)(H,27,28,32)/b22-16-. The average Bonchev–Trinajstić information content (AvgIpc) is 2.93. The van der Waals surface area contributed by atoms with E-state index in [1.807, 2.05) is 18.2 Å². The molecule has 3 heterocycles. The first-order valence-electron chi connectivity index (χ1n) is 12.0. The summed E-state index contributed by atoms with van der Waals surface area (Å²) < 4.78 is 0. The van der Waals surface area contributed by atoms with Gasteiger partial charge in [0.2, 0.25) is 11.9 Å². The molecule has 3 aromatic rings. The molecule has 0 atom stereocenters. The van der Waals surface area contributed by atoms with Crippen molar-refractivity contribution in [2.45, 2.75) is 6.54 Å². The van der Waals surface area contributed by atoms with E-state index in [0.29, 0.717) is 18.3 Å². The lowest BCUT2D eigenvalue weighted by Gasteiger charge is -2.34. The molecule has 0 radical (unpaired) electrons. The van der Waals surface area contributed by atoms with Crippen molar-refractivity contribution in [2.24, 2.45) is 0 Å². The molecule has 188 valence electrons. The molecule has 1 saturated heterocycles. The van der Waals surface area contributed by atoms with Crippen LogP contribution in [0.4, 0.5) is 11.8 Å². The largest absolute Gasteiger partial charge is 0.509 e. The van der Waals surface area contributed by atoms with Crippen LogP contribution in [0.5, 0.6) is 0 Å². The molecule has 1 fully saturated rings. The topological polar surface area (TPSA) is 119 Å². The van der Waals surface area contributed by atoms with Gasteiger partial charge in [-0.1, -0.05) is 30.3 Å². The maximum atomic E-state index is 12.3. The molecule has 10 nitrogen and oxygen atoms in total. The Balaban J connectivity index is 1.16. The number of hydrogen-bond acceptors (Lipinski definition) is 9. The van der Waals surface area contributed by atoms with Crippen LogP contribution in [0.25, 0.3) is 11.3 Å². The number of aromatic nitrogens is 3. The maximum Gasteiger partial charge on any atom is 0.234 e. The number of carbonyl (C=O) groups is 1. The molecule has 0 bridgehead atoms. The predicted molar refractivity (Wildman–Crippen MR) is 140 cm³/mol. The highest BCUT2D eigenvalue weighted by molar-refractivity contribution is 5.78. The van der Waals surface area contributed by atoms with E-state index in [0.717, 1.165) is 44.0 Å². The molecule has 0 spiro atoms. The van der Waals surface area contributed by atoms with Gasteiger partial charge < -0.3 is 21.1 Å². The van der Waals surface area contributed by atoms with Crippen molar-refractivity contribution in [3.63, 3.8) is 0 Å². The van der Waals surface area contributed by atoms with Gasteiger partial charge in [-0.3, -0.25) is 14.6 Å². The molecule has 10 heteroatoms. The molecule has 0 aliphatic carbocycles. The monoisotopic (exact) mass is 488 g/mol. The molecule has 1 amide bonds. The van der Waals surface area contributed by atoms with Gasteiger partial charge in [0.05, 0.1) is 18.8 Å². The minimum absolute atomic E-state index is 0.0105.